The highest BCUT2D eigenvalue weighted by Crippen LogP contribution is 2.21. The maximum absolute atomic E-state index is 10.8. The van der Waals surface area contributed by atoms with Gasteiger partial charge in [-0.2, -0.15) is 0 Å². The van der Waals surface area contributed by atoms with E-state index in [1.807, 2.05) is 37.3 Å². The van der Waals surface area contributed by atoms with Gasteiger partial charge in [-0.1, -0.05) is 12.1 Å². The molecule has 5 heteroatoms. The number of anilines is 2. The van der Waals surface area contributed by atoms with Gasteiger partial charge in [0.25, 0.3) is 5.69 Å². The van der Waals surface area contributed by atoms with Crippen molar-refractivity contribution in [3.8, 4) is 0 Å². The molecular weight excluding hydrogens is 242 g/mol. The molecule has 0 unspecified atom stereocenters. The summed E-state index contributed by atoms with van der Waals surface area (Å²) in [5.41, 5.74) is 9.09. The van der Waals surface area contributed by atoms with Gasteiger partial charge in [-0.3, -0.25) is 10.1 Å². The molecule has 3 N–H and O–H groups in total. The van der Waals surface area contributed by atoms with Crippen LogP contribution in [0.5, 0.6) is 0 Å². The molecule has 0 radical (unpaired) electrons. The summed E-state index contributed by atoms with van der Waals surface area (Å²) in [6.45, 7) is 2.43. The number of nitrogens with two attached hydrogens (primary N) is 1. The molecular formula is C14H15N3O2. The second-order valence-corrected chi connectivity index (χ2v) is 4.41. The third-order valence-corrected chi connectivity index (χ3v) is 2.75. The zero-order valence-corrected chi connectivity index (χ0v) is 10.6. The molecule has 19 heavy (non-hydrogen) atoms. The highest BCUT2D eigenvalue weighted by molar-refractivity contribution is 5.54. The monoisotopic (exact) mass is 257 g/mol. The molecule has 5 nitrogen and oxygen atoms in total. The van der Waals surface area contributed by atoms with Gasteiger partial charge in [0.15, 0.2) is 0 Å². The van der Waals surface area contributed by atoms with Gasteiger partial charge >= 0.3 is 0 Å². The number of nitro benzene ring substituents is 1. The first-order valence-corrected chi connectivity index (χ1v) is 5.89. The van der Waals surface area contributed by atoms with Crippen LogP contribution in [0.25, 0.3) is 0 Å². The zero-order chi connectivity index (χ0) is 13.8. The maximum Gasteiger partial charge on any atom is 0.271 e. The summed E-state index contributed by atoms with van der Waals surface area (Å²) in [5, 5.41) is 14.0. The first kappa shape index (κ1) is 12.9. The summed E-state index contributed by atoms with van der Waals surface area (Å²) >= 11 is 0. The average molecular weight is 257 g/mol. The molecule has 0 aliphatic heterocycles. The van der Waals surface area contributed by atoms with Crippen molar-refractivity contribution in [3.63, 3.8) is 0 Å². The zero-order valence-electron chi connectivity index (χ0n) is 10.6. The van der Waals surface area contributed by atoms with E-state index in [1.165, 1.54) is 6.07 Å². The molecule has 0 aromatic heterocycles. The van der Waals surface area contributed by atoms with Crippen LogP contribution in [0, 0.1) is 17.0 Å². The minimum atomic E-state index is -0.388. The van der Waals surface area contributed by atoms with Gasteiger partial charge in [0, 0.05) is 30.1 Å². The molecule has 0 saturated heterocycles. The lowest BCUT2D eigenvalue weighted by Gasteiger charge is -2.07. The Hall–Kier alpha value is -2.56. The van der Waals surface area contributed by atoms with E-state index in [0.29, 0.717) is 6.54 Å². The Morgan fingerprint density at radius 3 is 2.53 bits per heavy atom. The van der Waals surface area contributed by atoms with Crippen LogP contribution >= 0.6 is 0 Å². The predicted octanol–water partition coefficient (Wildman–Crippen LogP) is 3.10. The SMILES string of the molecule is Cc1cc(NCc2ccc(N)cc2)cc([N+](=O)[O-])c1. The number of nitrogens with zero attached hydrogens (tertiary/aromatic N) is 1. The van der Waals surface area contributed by atoms with E-state index in [4.69, 9.17) is 5.73 Å². The van der Waals surface area contributed by atoms with Crippen molar-refractivity contribution in [1.82, 2.24) is 0 Å². The Labute approximate surface area is 111 Å². The van der Waals surface area contributed by atoms with Gasteiger partial charge in [-0.15, -0.1) is 0 Å². The summed E-state index contributed by atoms with van der Waals surface area (Å²) in [6.07, 6.45) is 0. The first-order valence-electron chi connectivity index (χ1n) is 5.89. The van der Waals surface area contributed by atoms with Crippen molar-refractivity contribution in [3.05, 3.63) is 63.7 Å². The van der Waals surface area contributed by atoms with Crippen LogP contribution in [0.3, 0.4) is 0 Å². The van der Waals surface area contributed by atoms with E-state index in [9.17, 15) is 10.1 Å². The molecule has 2 rings (SSSR count). The number of nitro groups is 1. The molecule has 0 aliphatic carbocycles. The minimum absolute atomic E-state index is 0.0970. The van der Waals surface area contributed by atoms with Crippen molar-refractivity contribution >= 4 is 17.1 Å². The van der Waals surface area contributed by atoms with Crippen molar-refractivity contribution in [2.45, 2.75) is 13.5 Å². The van der Waals surface area contributed by atoms with Gasteiger partial charge < -0.3 is 11.1 Å². The maximum atomic E-state index is 10.8. The van der Waals surface area contributed by atoms with E-state index < -0.39 is 0 Å². The molecule has 0 heterocycles. The third kappa shape index (κ3) is 3.45. The standard InChI is InChI=1S/C14H15N3O2/c1-10-6-13(8-14(7-10)17(18)19)16-9-11-2-4-12(15)5-3-11/h2-8,16H,9,15H2,1H3. The minimum Gasteiger partial charge on any atom is -0.399 e. The Bertz CT molecular complexity index is 594. The average Bonchev–Trinajstić information content (AvgIpc) is 2.37. The van der Waals surface area contributed by atoms with Gasteiger partial charge in [0.2, 0.25) is 0 Å². The fourth-order valence-electron chi connectivity index (χ4n) is 1.81. The van der Waals surface area contributed by atoms with E-state index in [1.54, 1.807) is 6.07 Å². The smallest absolute Gasteiger partial charge is 0.271 e. The van der Waals surface area contributed by atoms with Crippen LogP contribution in [0.1, 0.15) is 11.1 Å². The van der Waals surface area contributed by atoms with Crippen LogP contribution in [-0.2, 0) is 6.54 Å². The van der Waals surface area contributed by atoms with Gasteiger partial charge in [-0.05, 0) is 36.2 Å². The quantitative estimate of drug-likeness (QED) is 0.501. The van der Waals surface area contributed by atoms with E-state index in [0.717, 1.165) is 22.5 Å². The van der Waals surface area contributed by atoms with Crippen LogP contribution in [0.4, 0.5) is 17.1 Å². The normalized spacial score (nSPS) is 10.2. The van der Waals surface area contributed by atoms with Crippen molar-refractivity contribution in [1.29, 1.82) is 0 Å². The second-order valence-electron chi connectivity index (χ2n) is 4.41. The lowest BCUT2D eigenvalue weighted by atomic mass is 10.1. The molecule has 0 spiro atoms. The highest BCUT2D eigenvalue weighted by atomic mass is 16.6. The lowest BCUT2D eigenvalue weighted by Crippen LogP contribution is -2.01. The fraction of sp³-hybridized carbons (Fsp3) is 0.143. The number of nitrogens with one attached hydrogen (secondary N) is 1. The molecule has 98 valence electrons. The summed E-state index contributed by atoms with van der Waals surface area (Å²) in [6, 6.07) is 12.5. The van der Waals surface area contributed by atoms with E-state index >= 15 is 0 Å². The predicted molar refractivity (Wildman–Crippen MR) is 76.0 cm³/mol. The van der Waals surface area contributed by atoms with Crippen LogP contribution < -0.4 is 11.1 Å². The molecule has 0 atom stereocenters. The van der Waals surface area contributed by atoms with Crippen molar-refractivity contribution in [2.75, 3.05) is 11.1 Å². The third-order valence-electron chi connectivity index (χ3n) is 2.75. The fourth-order valence-corrected chi connectivity index (χ4v) is 1.81. The summed E-state index contributed by atoms with van der Waals surface area (Å²) in [4.78, 5) is 10.4. The van der Waals surface area contributed by atoms with Crippen molar-refractivity contribution in [2.24, 2.45) is 0 Å². The molecule has 0 bridgehead atoms. The largest absolute Gasteiger partial charge is 0.399 e. The number of benzene rings is 2. The Morgan fingerprint density at radius 1 is 1.21 bits per heavy atom. The second kappa shape index (κ2) is 5.39. The number of rotatable bonds is 4. The van der Waals surface area contributed by atoms with E-state index in [-0.39, 0.29) is 10.6 Å². The molecule has 0 fully saturated rings. The summed E-state index contributed by atoms with van der Waals surface area (Å²) in [7, 11) is 0. The Kier molecular flexibility index (Phi) is 3.66. The lowest BCUT2D eigenvalue weighted by molar-refractivity contribution is -0.384. The van der Waals surface area contributed by atoms with Crippen molar-refractivity contribution < 1.29 is 4.92 Å². The van der Waals surface area contributed by atoms with Crippen LogP contribution in [0.2, 0.25) is 0 Å². The molecule has 2 aromatic rings. The summed E-state index contributed by atoms with van der Waals surface area (Å²) < 4.78 is 0. The van der Waals surface area contributed by atoms with Gasteiger partial charge in [0.05, 0.1) is 4.92 Å². The highest BCUT2D eigenvalue weighted by Gasteiger charge is 2.07. The van der Waals surface area contributed by atoms with E-state index in [2.05, 4.69) is 5.32 Å². The molecule has 0 saturated carbocycles. The number of hydrogen-bond acceptors (Lipinski definition) is 4. The molecule has 0 amide bonds. The molecule has 0 aliphatic rings. The number of non-ortho nitro benzene ring substituents is 1. The Morgan fingerprint density at radius 2 is 1.89 bits per heavy atom. The summed E-state index contributed by atoms with van der Waals surface area (Å²) in [5.74, 6) is 0. The Balaban J connectivity index is 2.11. The molecule has 2 aromatic carbocycles. The number of aryl methyl sites for hydroxylation is 1. The van der Waals surface area contributed by atoms with Crippen LogP contribution in [-0.4, -0.2) is 4.92 Å². The van der Waals surface area contributed by atoms with Crippen LogP contribution in [0.15, 0.2) is 42.5 Å². The van der Waals surface area contributed by atoms with Gasteiger partial charge in [0.1, 0.15) is 0 Å². The first-order chi connectivity index (χ1) is 9.04. The number of hydrogen-bond donors (Lipinski definition) is 2. The number of nitrogen functional groups attached to an aromatic ring is 1. The van der Waals surface area contributed by atoms with Gasteiger partial charge in [-0.25, -0.2) is 0 Å². The topological polar surface area (TPSA) is 81.2 Å².